The summed E-state index contributed by atoms with van der Waals surface area (Å²) < 4.78 is 0. The Bertz CT molecular complexity index is 371. The highest BCUT2D eigenvalue weighted by Crippen LogP contribution is 2.23. The number of aldehydes is 1. The molecule has 0 heterocycles. The van der Waals surface area contributed by atoms with Crippen molar-refractivity contribution in [2.24, 2.45) is 5.92 Å². The van der Waals surface area contributed by atoms with Gasteiger partial charge in [0.2, 0.25) is 0 Å². The van der Waals surface area contributed by atoms with Crippen LogP contribution in [0.15, 0.2) is 29.8 Å². The zero-order valence-corrected chi connectivity index (χ0v) is 10.5. The molecule has 0 aliphatic heterocycles. The fourth-order valence-corrected chi connectivity index (χ4v) is 1.58. The Morgan fingerprint density at radius 2 is 1.69 bits per heavy atom. The molecule has 1 nitrogen and oxygen atoms in total. The van der Waals surface area contributed by atoms with Crippen LogP contribution >= 0.6 is 0 Å². The van der Waals surface area contributed by atoms with Crippen LogP contribution in [0.25, 0.3) is 6.08 Å². The Kier molecular flexibility index (Phi) is 4.48. The van der Waals surface area contributed by atoms with Gasteiger partial charge in [-0.15, -0.1) is 0 Å². The molecule has 0 saturated carbocycles. The number of allylic oxidation sites excluding steroid dienone is 1. The second-order valence-corrected chi connectivity index (χ2v) is 4.71. The second kappa shape index (κ2) is 5.64. The highest BCUT2D eigenvalue weighted by atomic mass is 16.1. The van der Waals surface area contributed by atoms with Crippen molar-refractivity contribution in [1.82, 2.24) is 0 Å². The number of hydrogen-bond acceptors (Lipinski definition) is 1. The van der Waals surface area contributed by atoms with Crippen molar-refractivity contribution in [2.75, 3.05) is 0 Å². The average Bonchev–Trinajstić information content (AvgIpc) is 2.28. The summed E-state index contributed by atoms with van der Waals surface area (Å²) in [5.74, 6) is 1.23. The van der Waals surface area contributed by atoms with Crippen LogP contribution in [0.3, 0.4) is 0 Å². The first-order chi connectivity index (χ1) is 7.54. The van der Waals surface area contributed by atoms with Crippen LogP contribution in [0.4, 0.5) is 0 Å². The van der Waals surface area contributed by atoms with E-state index in [9.17, 15) is 4.79 Å². The van der Waals surface area contributed by atoms with Gasteiger partial charge in [-0.3, -0.25) is 4.79 Å². The van der Waals surface area contributed by atoms with Gasteiger partial charge in [0.25, 0.3) is 0 Å². The van der Waals surface area contributed by atoms with Gasteiger partial charge < -0.3 is 0 Å². The predicted molar refractivity (Wildman–Crippen MR) is 69.4 cm³/mol. The molecule has 0 spiro atoms. The smallest absolute Gasteiger partial charge is 0.145 e. The van der Waals surface area contributed by atoms with Gasteiger partial charge in [-0.25, -0.2) is 0 Å². The van der Waals surface area contributed by atoms with Gasteiger partial charge in [-0.1, -0.05) is 45.0 Å². The molecule has 0 fully saturated rings. The van der Waals surface area contributed by atoms with E-state index in [1.807, 2.05) is 13.0 Å². The number of carbonyl (C=O) groups is 1. The number of carbonyl (C=O) groups excluding carboxylic acids is 1. The Hall–Kier alpha value is -1.37. The standard InChI is InChI=1S/C15H20O/c1-11(2)13(4)15-7-5-14(6-8-15)9-12(3)10-16/h5-11,13H,1-4H3. The lowest BCUT2D eigenvalue weighted by Gasteiger charge is -2.15. The third-order valence-electron chi connectivity index (χ3n) is 3.04. The fourth-order valence-electron chi connectivity index (χ4n) is 1.58. The molecule has 0 amide bonds. The lowest BCUT2D eigenvalue weighted by Crippen LogP contribution is -2.01. The normalized spacial score (nSPS) is 13.9. The Labute approximate surface area is 98.2 Å². The van der Waals surface area contributed by atoms with Crippen LogP contribution in [0.1, 0.15) is 44.7 Å². The molecule has 1 unspecified atom stereocenters. The van der Waals surface area contributed by atoms with E-state index in [2.05, 4.69) is 45.0 Å². The minimum Gasteiger partial charge on any atom is -0.298 e. The molecule has 0 bridgehead atoms. The van der Waals surface area contributed by atoms with E-state index in [4.69, 9.17) is 0 Å². The summed E-state index contributed by atoms with van der Waals surface area (Å²) in [5, 5.41) is 0. The molecule has 0 aromatic heterocycles. The molecule has 86 valence electrons. The lowest BCUT2D eigenvalue weighted by atomic mass is 9.90. The summed E-state index contributed by atoms with van der Waals surface area (Å²) in [7, 11) is 0. The maximum absolute atomic E-state index is 10.5. The molecule has 1 aromatic rings. The Morgan fingerprint density at radius 1 is 1.12 bits per heavy atom. The van der Waals surface area contributed by atoms with Crippen molar-refractivity contribution in [3.63, 3.8) is 0 Å². The number of benzene rings is 1. The Morgan fingerprint density at radius 3 is 2.12 bits per heavy atom. The first-order valence-electron chi connectivity index (χ1n) is 5.78. The summed E-state index contributed by atoms with van der Waals surface area (Å²) in [5.41, 5.74) is 3.20. The first-order valence-corrected chi connectivity index (χ1v) is 5.78. The summed E-state index contributed by atoms with van der Waals surface area (Å²) >= 11 is 0. The zero-order valence-electron chi connectivity index (χ0n) is 10.5. The van der Waals surface area contributed by atoms with E-state index < -0.39 is 0 Å². The van der Waals surface area contributed by atoms with E-state index in [-0.39, 0.29) is 0 Å². The van der Waals surface area contributed by atoms with Crippen LogP contribution in [-0.4, -0.2) is 6.29 Å². The van der Waals surface area contributed by atoms with E-state index in [1.54, 1.807) is 0 Å². The maximum Gasteiger partial charge on any atom is 0.145 e. The molecule has 0 aliphatic carbocycles. The molecule has 1 rings (SSSR count). The summed E-state index contributed by atoms with van der Waals surface area (Å²) in [6.07, 6.45) is 2.78. The zero-order chi connectivity index (χ0) is 12.1. The van der Waals surface area contributed by atoms with Crippen molar-refractivity contribution >= 4 is 12.4 Å². The molecule has 0 N–H and O–H groups in total. The minimum absolute atomic E-state index is 0.574. The topological polar surface area (TPSA) is 17.1 Å². The van der Waals surface area contributed by atoms with Gasteiger partial charge in [0.1, 0.15) is 6.29 Å². The predicted octanol–water partition coefficient (Wildman–Crippen LogP) is 4.05. The first kappa shape index (κ1) is 12.7. The van der Waals surface area contributed by atoms with Crippen LogP contribution < -0.4 is 0 Å². The van der Waals surface area contributed by atoms with Crippen LogP contribution in [0.5, 0.6) is 0 Å². The number of hydrogen-bond donors (Lipinski definition) is 0. The lowest BCUT2D eigenvalue weighted by molar-refractivity contribution is -0.104. The van der Waals surface area contributed by atoms with Gasteiger partial charge in [-0.05, 0) is 41.5 Å². The molecule has 1 aromatic carbocycles. The van der Waals surface area contributed by atoms with Crippen molar-refractivity contribution < 1.29 is 4.79 Å². The second-order valence-electron chi connectivity index (χ2n) is 4.71. The number of rotatable bonds is 4. The van der Waals surface area contributed by atoms with Crippen LogP contribution in [-0.2, 0) is 4.79 Å². The van der Waals surface area contributed by atoms with Gasteiger partial charge >= 0.3 is 0 Å². The highest BCUT2D eigenvalue weighted by Gasteiger charge is 2.08. The van der Waals surface area contributed by atoms with Gasteiger partial charge in [0, 0.05) is 0 Å². The van der Waals surface area contributed by atoms with Crippen molar-refractivity contribution in [2.45, 2.75) is 33.6 Å². The minimum atomic E-state index is 0.574. The molecule has 16 heavy (non-hydrogen) atoms. The van der Waals surface area contributed by atoms with Crippen molar-refractivity contribution in [3.8, 4) is 0 Å². The average molecular weight is 216 g/mol. The molecule has 0 aliphatic rings. The van der Waals surface area contributed by atoms with Crippen molar-refractivity contribution in [1.29, 1.82) is 0 Å². The van der Waals surface area contributed by atoms with E-state index in [1.165, 1.54) is 5.56 Å². The van der Waals surface area contributed by atoms with E-state index in [0.717, 1.165) is 17.4 Å². The van der Waals surface area contributed by atoms with E-state index in [0.29, 0.717) is 11.8 Å². The fraction of sp³-hybridized carbons (Fsp3) is 0.400. The molecule has 1 atom stereocenters. The van der Waals surface area contributed by atoms with Crippen LogP contribution in [0.2, 0.25) is 0 Å². The molecule has 0 saturated heterocycles. The Balaban J connectivity index is 2.87. The molecule has 1 heteroatoms. The van der Waals surface area contributed by atoms with Gasteiger partial charge in [0.15, 0.2) is 0 Å². The summed E-state index contributed by atoms with van der Waals surface area (Å²) in [6.45, 7) is 8.52. The SMILES string of the molecule is CC(C=O)=Cc1ccc(C(C)C(C)C)cc1. The summed E-state index contributed by atoms with van der Waals surface area (Å²) in [6, 6.07) is 8.44. The summed E-state index contributed by atoms with van der Waals surface area (Å²) in [4.78, 5) is 10.5. The van der Waals surface area contributed by atoms with Crippen molar-refractivity contribution in [3.05, 3.63) is 41.0 Å². The largest absolute Gasteiger partial charge is 0.298 e. The van der Waals surface area contributed by atoms with E-state index >= 15 is 0 Å². The molecular formula is C15H20O. The maximum atomic E-state index is 10.5. The van der Waals surface area contributed by atoms with Crippen LogP contribution in [0, 0.1) is 5.92 Å². The highest BCUT2D eigenvalue weighted by molar-refractivity contribution is 5.80. The molecule has 0 radical (unpaired) electrons. The monoisotopic (exact) mass is 216 g/mol. The quantitative estimate of drug-likeness (QED) is 0.548. The third-order valence-corrected chi connectivity index (χ3v) is 3.04. The third kappa shape index (κ3) is 3.34. The molecular weight excluding hydrogens is 196 g/mol. The van der Waals surface area contributed by atoms with Gasteiger partial charge in [0.05, 0.1) is 0 Å². The van der Waals surface area contributed by atoms with Gasteiger partial charge in [-0.2, -0.15) is 0 Å².